The molecule has 0 bridgehead atoms. The van der Waals surface area contributed by atoms with Gasteiger partial charge < -0.3 is 5.32 Å². The molecule has 2 aromatic rings. The topological polar surface area (TPSA) is 137 Å². The molecule has 0 spiro atoms. The summed E-state index contributed by atoms with van der Waals surface area (Å²) in [6, 6.07) is 7.77. The Bertz CT molecular complexity index is 1390. The molecule has 0 fully saturated rings. The first-order chi connectivity index (χ1) is 15.9. The Morgan fingerprint density at radius 3 is 2.68 bits per heavy atom. The van der Waals surface area contributed by atoms with E-state index in [0.29, 0.717) is 17.3 Å². The van der Waals surface area contributed by atoms with Crippen molar-refractivity contribution in [3.8, 4) is 0 Å². The highest BCUT2D eigenvalue weighted by Gasteiger charge is 2.34. The van der Waals surface area contributed by atoms with Crippen molar-refractivity contribution in [1.82, 2.24) is 9.73 Å². The molecule has 0 saturated heterocycles. The lowest BCUT2D eigenvalue weighted by Gasteiger charge is -2.30. The van der Waals surface area contributed by atoms with Gasteiger partial charge in [0.05, 0.1) is 28.9 Å². The van der Waals surface area contributed by atoms with Gasteiger partial charge in [0.1, 0.15) is 16.4 Å². The molecule has 1 aromatic carbocycles. The SMILES string of the molecule is CC(C)CCN1CC(=C2Nc3ccc(NS(C)(=O)=O)cc3S(=O)(=O)N2)C(=O)C(c2cccs2)=N1. The van der Waals surface area contributed by atoms with Gasteiger partial charge in [0.15, 0.2) is 0 Å². The third-order valence-electron chi connectivity index (χ3n) is 5.16. The molecule has 13 heteroatoms. The largest absolute Gasteiger partial charge is 0.340 e. The van der Waals surface area contributed by atoms with E-state index in [0.717, 1.165) is 12.7 Å². The molecular formula is C21H25N5O5S3. The number of Topliss-reactive ketones (excluding diaryl/α,β-unsaturated/α-hetero) is 1. The Balaban J connectivity index is 1.74. The van der Waals surface area contributed by atoms with Crippen molar-refractivity contribution < 1.29 is 21.6 Å². The summed E-state index contributed by atoms with van der Waals surface area (Å²) in [5.41, 5.74) is 0.883. The molecule has 1 aromatic heterocycles. The number of hydrazone groups is 1. The van der Waals surface area contributed by atoms with Crippen molar-refractivity contribution in [2.24, 2.45) is 11.0 Å². The maximum Gasteiger partial charge on any atom is 0.265 e. The number of hydrogen-bond donors (Lipinski definition) is 3. The van der Waals surface area contributed by atoms with Crippen molar-refractivity contribution in [3.05, 3.63) is 52.0 Å². The molecule has 0 unspecified atom stereocenters. The summed E-state index contributed by atoms with van der Waals surface area (Å²) in [7, 11) is -7.65. The fraction of sp³-hybridized carbons (Fsp3) is 0.333. The summed E-state index contributed by atoms with van der Waals surface area (Å²) in [6.07, 6.45) is 1.84. The number of hydrogen-bond acceptors (Lipinski definition) is 9. The Kier molecular flexibility index (Phi) is 6.44. The summed E-state index contributed by atoms with van der Waals surface area (Å²) in [4.78, 5) is 14.0. The van der Waals surface area contributed by atoms with Crippen LogP contribution in [0.5, 0.6) is 0 Å². The van der Waals surface area contributed by atoms with Crippen LogP contribution in [-0.4, -0.2) is 52.7 Å². The van der Waals surface area contributed by atoms with Crippen molar-refractivity contribution in [1.29, 1.82) is 0 Å². The normalized spacial score (nSPS) is 19.8. The van der Waals surface area contributed by atoms with Crippen LogP contribution < -0.4 is 14.8 Å². The van der Waals surface area contributed by atoms with Gasteiger partial charge in [-0.2, -0.15) is 5.10 Å². The Morgan fingerprint density at radius 2 is 2.03 bits per heavy atom. The summed E-state index contributed by atoms with van der Waals surface area (Å²) < 4.78 is 53.9. The van der Waals surface area contributed by atoms with Gasteiger partial charge in [0.2, 0.25) is 15.8 Å². The average Bonchev–Trinajstić information content (AvgIpc) is 3.26. The van der Waals surface area contributed by atoms with E-state index in [1.165, 1.54) is 29.5 Å². The lowest BCUT2D eigenvalue weighted by molar-refractivity contribution is -0.110. The summed E-state index contributed by atoms with van der Waals surface area (Å²) >= 11 is 1.39. The van der Waals surface area contributed by atoms with Crippen LogP contribution >= 0.6 is 11.3 Å². The first-order valence-electron chi connectivity index (χ1n) is 10.5. The standard InChI is InChI=1S/C21H25N5O5S3/c1-13(2)8-9-26-12-15(20(27)19(23-26)17-5-4-10-32-17)21-22-16-7-6-14(24-33(3,28)29)11-18(16)34(30,31)25-21/h4-7,10-11,13,22,24-25H,8-9,12H2,1-3H3. The summed E-state index contributed by atoms with van der Waals surface area (Å²) in [6.45, 7) is 4.95. The molecule has 0 atom stereocenters. The van der Waals surface area contributed by atoms with Crippen LogP contribution in [0, 0.1) is 5.92 Å². The number of nitrogens with one attached hydrogen (secondary N) is 3. The van der Waals surface area contributed by atoms with Crippen LogP contribution in [0.4, 0.5) is 11.4 Å². The van der Waals surface area contributed by atoms with E-state index in [1.807, 2.05) is 11.4 Å². The van der Waals surface area contributed by atoms with Gasteiger partial charge in [-0.15, -0.1) is 11.3 Å². The van der Waals surface area contributed by atoms with Gasteiger partial charge in [-0.05, 0) is 42.0 Å². The van der Waals surface area contributed by atoms with E-state index in [-0.39, 0.29) is 45.7 Å². The highest BCUT2D eigenvalue weighted by Crippen LogP contribution is 2.32. The lowest BCUT2D eigenvalue weighted by atomic mass is 10.0. The zero-order chi connectivity index (χ0) is 24.7. The van der Waals surface area contributed by atoms with E-state index < -0.39 is 20.0 Å². The molecular weight excluding hydrogens is 498 g/mol. The van der Waals surface area contributed by atoms with Gasteiger partial charge >= 0.3 is 0 Å². The molecule has 0 saturated carbocycles. The minimum atomic E-state index is -4.07. The molecule has 3 heterocycles. The van der Waals surface area contributed by atoms with Gasteiger partial charge in [-0.1, -0.05) is 19.9 Å². The van der Waals surface area contributed by atoms with Crippen LogP contribution in [0.3, 0.4) is 0 Å². The Hall–Kier alpha value is -2.90. The number of nitrogens with zero attached hydrogens (tertiary/aromatic N) is 2. The van der Waals surface area contributed by atoms with Gasteiger partial charge in [0.25, 0.3) is 10.0 Å². The van der Waals surface area contributed by atoms with E-state index in [4.69, 9.17) is 0 Å². The van der Waals surface area contributed by atoms with E-state index in [1.54, 1.807) is 11.1 Å². The maximum absolute atomic E-state index is 13.4. The Labute approximate surface area is 202 Å². The van der Waals surface area contributed by atoms with Crippen molar-refractivity contribution in [3.63, 3.8) is 0 Å². The van der Waals surface area contributed by atoms with Crippen molar-refractivity contribution in [2.75, 3.05) is 29.4 Å². The highest BCUT2D eigenvalue weighted by atomic mass is 32.2. The molecule has 10 nitrogen and oxygen atoms in total. The summed E-state index contributed by atoms with van der Waals surface area (Å²) in [5, 5.41) is 11.2. The van der Waals surface area contributed by atoms with Gasteiger partial charge in [-0.25, -0.2) is 16.8 Å². The molecule has 2 aliphatic heterocycles. The zero-order valence-corrected chi connectivity index (χ0v) is 21.3. The quantitative estimate of drug-likeness (QED) is 0.494. The highest BCUT2D eigenvalue weighted by molar-refractivity contribution is 7.92. The van der Waals surface area contributed by atoms with Crippen LogP contribution in [0.2, 0.25) is 0 Å². The molecule has 0 amide bonds. The first kappa shape index (κ1) is 24.2. The molecule has 2 aliphatic rings. The number of carbonyl (C=O) groups excluding carboxylic acids is 1. The fourth-order valence-corrected chi connectivity index (χ4v) is 6.04. The third kappa shape index (κ3) is 5.26. The average molecular weight is 524 g/mol. The second kappa shape index (κ2) is 9.04. The number of ketones is 1. The van der Waals surface area contributed by atoms with E-state index >= 15 is 0 Å². The number of benzene rings is 1. The molecule has 0 aliphatic carbocycles. The molecule has 34 heavy (non-hydrogen) atoms. The number of thiophene rings is 1. The van der Waals surface area contributed by atoms with E-state index in [9.17, 15) is 21.6 Å². The fourth-order valence-electron chi connectivity index (χ4n) is 3.53. The minimum Gasteiger partial charge on any atom is -0.340 e. The second-order valence-electron chi connectivity index (χ2n) is 8.49. The number of fused-ring (bicyclic) bond motifs is 1. The number of sulfonamides is 2. The smallest absolute Gasteiger partial charge is 0.265 e. The summed E-state index contributed by atoms with van der Waals surface area (Å²) in [5.74, 6) is 0.147. The molecule has 4 rings (SSSR count). The predicted octanol–water partition coefficient (Wildman–Crippen LogP) is 2.37. The predicted molar refractivity (Wildman–Crippen MR) is 133 cm³/mol. The first-order valence-corrected chi connectivity index (χ1v) is 14.8. The zero-order valence-electron chi connectivity index (χ0n) is 18.8. The van der Waals surface area contributed by atoms with Crippen LogP contribution in [0.25, 0.3) is 0 Å². The lowest BCUT2D eigenvalue weighted by Crippen LogP contribution is -2.41. The number of rotatable bonds is 6. The van der Waals surface area contributed by atoms with Gasteiger partial charge in [0, 0.05) is 12.2 Å². The second-order valence-corrected chi connectivity index (χ2v) is 12.8. The monoisotopic (exact) mass is 523 g/mol. The van der Waals surface area contributed by atoms with E-state index in [2.05, 4.69) is 33.7 Å². The van der Waals surface area contributed by atoms with Crippen molar-refractivity contribution >= 4 is 54.3 Å². The maximum atomic E-state index is 13.4. The number of carbonyl (C=O) groups is 1. The third-order valence-corrected chi connectivity index (χ3v) is 8.04. The molecule has 3 N–H and O–H groups in total. The van der Waals surface area contributed by atoms with Gasteiger partial charge in [-0.3, -0.25) is 19.2 Å². The van der Waals surface area contributed by atoms with Crippen molar-refractivity contribution in [2.45, 2.75) is 25.2 Å². The molecule has 182 valence electrons. The number of anilines is 2. The van der Waals surface area contributed by atoms with Crippen LogP contribution in [-0.2, 0) is 24.8 Å². The van der Waals surface area contributed by atoms with Crippen LogP contribution in [0.15, 0.2) is 57.1 Å². The minimum absolute atomic E-state index is 0.0693. The Morgan fingerprint density at radius 1 is 1.26 bits per heavy atom. The van der Waals surface area contributed by atoms with Crippen LogP contribution in [0.1, 0.15) is 25.1 Å². The molecule has 0 radical (unpaired) electrons.